The van der Waals surface area contributed by atoms with E-state index in [0.717, 1.165) is 16.9 Å². The van der Waals surface area contributed by atoms with Crippen molar-refractivity contribution in [3.63, 3.8) is 0 Å². The van der Waals surface area contributed by atoms with E-state index >= 15 is 0 Å². The number of aliphatic hydroxyl groups is 1. The fourth-order valence-corrected chi connectivity index (χ4v) is 6.11. The lowest BCUT2D eigenvalue weighted by atomic mass is 9.96. The maximum Gasteiger partial charge on any atom is 0.350 e. The Labute approximate surface area is 263 Å². The van der Waals surface area contributed by atoms with Crippen molar-refractivity contribution in [2.75, 3.05) is 24.7 Å². The van der Waals surface area contributed by atoms with Crippen LogP contribution in [0.2, 0.25) is 0 Å². The van der Waals surface area contributed by atoms with E-state index in [1.54, 1.807) is 48.7 Å². The molecule has 3 aromatic heterocycles. The molecular weight excluding hydrogens is 596 g/mol. The van der Waals surface area contributed by atoms with Gasteiger partial charge in [0.25, 0.3) is 5.78 Å². The summed E-state index contributed by atoms with van der Waals surface area (Å²) in [6, 6.07) is 7.59. The summed E-state index contributed by atoms with van der Waals surface area (Å²) in [5, 5.41) is 11.9. The third-order valence-corrected chi connectivity index (χ3v) is 8.34. The number of hydrogen-bond donors (Lipinski definition) is 1. The van der Waals surface area contributed by atoms with Crippen molar-refractivity contribution in [3.8, 4) is 11.5 Å². The van der Waals surface area contributed by atoms with Crippen molar-refractivity contribution < 1.29 is 33.7 Å². The van der Waals surface area contributed by atoms with E-state index in [0.29, 0.717) is 40.7 Å². The van der Waals surface area contributed by atoms with Gasteiger partial charge in [0.2, 0.25) is 0 Å². The van der Waals surface area contributed by atoms with Gasteiger partial charge in [-0.05, 0) is 57.0 Å². The van der Waals surface area contributed by atoms with E-state index in [9.17, 15) is 19.5 Å². The van der Waals surface area contributed by atoms with Gasteiger partial charge >= 0.3 is 11.9 Å². The van der Waals surface area contributed by atoms with E-state index < -0.39 is 29.5 Å². The third-order valence-electron chi connectivity index (χ3n) is 7.20. The summed E-state index contributed by atoms with van der Waals surface area (Å²) in [5.41, 5.74) is 2.77. The number of pyridine rings is 1. The second-order valence-corrected chi connectivity index (χ2v) is 11.1. The number of thiazole rings is 1. The molecule has 0 bridgehead atoms. The zero-order valence-corrected chi connectivity index (χ0v) is 26.1. The van der Waals surface area contributed by atoms with Crippen molar-refractivity contribution in [3.05, 3.63) is 100 Å². The number of esters is 1. The predicted octanol–water partition coefficient (Wildman–Crippen LogP) is 5.65. The van der Waals surface area contributed by atoms with Crippen molar-refractivity contribution in [2.45, 2.75) is 33.7 Å². The fraction of sp³-hybridized carbons (Fsp3) is 0.242. The van der Waals surface area contributed by atoms with Crippen molar-refractivity contribution in [1.29, 1.82) is 0 Å². The standard InChI is InChI=1S/C33H32N4O7S/c1-7-15-43-22-13-12-21(17-23(22)42-9-3)26-24(27(38)25-20(6)36-14-10-11-18(4)30(36)35-25)28(39)31(40)37(26)33-34-19(5)29(45-33)32(41)44-16-8-2/h7-8,10-14,17,26,38H,1-2,9,15-16H2,3-6H3. The van der Waals surface area contributed by atoms with Crippen LogP contribution >= 0.6 is 11.3 Å². The first kappa shape index (κ1) is 31.2. The van der Waals surface area contributed by atoms with Crippen LogP contribution in [0, 0.1) is 20.8 Å². The van der Waals surface area contributed by atoms with Gasteiger partial charge in [0.15, 0.2) is 22.4 Å². The molecule has 1 N–H and O–H groups in total. The average molecular weight is 629 g/mol. The minimum absolute atomic E-state index is 0.00562. The SMILES string of the molecule is C=CCOC(=O)c1sc(N2C(=O)C(=O)C(=C(O)c3nc4c(C)cccn4c3C)C2c2ccc(OCC=C)c(OCC)c2)nc1C. The van der Waals surface area contributed by atoms with Gasteiger partial charge in [-0.15, -0.1) is 0 Å². The number of carbonyl (C=O) groups is 3. The number of benzene rings is 1. The molecule has 1 aromatic carbocycles. The highest BCUT2D eigenvalue weighted by molar-refractivity contribution is 7.17. The molecule has 1 unspecified atom stereocenters. The first-order chi connectivity index (χ1) is 21.6. The number of rotatable bonds is 11. The Balaban J connectivity index is 1.73. The molecule has 1 aliphatic rings. The van der Waals surface area contributed by atoms with Crippen LogP contribution in [0.1, 0.15) is 50.8 Å². The third kappa shape index (κ3) is 5.60. The van der Waals surface area contributed by atoms with Gasteiger partial charge in [0, 0.05) is 6.20 Å². The van der Waals surface area contributed by atoms with E-state index in [2.05, 4.69) is 23.1 Å². The van der Waals surface area contributed by atoms with Crippen LogP contribution in [-0.2, 0) is 14.3 Å². The summed E-state index contributed by atoms with van der Waals surface area (Å²) < 4.78 is 18.6. The number of anilines is 1. The number of aromatic nitrogens is 3. The smallest absolute Gasteiger partial charge is 0.350 e. The predicted molar refractivity (Wildman–Crippen MR) is 170 cm³/mol. The summed E-state index contributed by atoms with van der Waals surface area (Å²) in [5.74, 6) is -2.14. The lowest BCUT2D eigenvalue weighted by molar-refractivity contribution is -0.132. The molecule has 12 heteroatoms. The molecule has 0 saturated carbocycles. The minimum atomic E-state index is -1.15. The van der Waals surface area contributed by atoms with Crippen LogP contribution < -0.4 is 14.4 Å². The Kier molecular flexibility index (Phi) is 8.87. The summed E-state index contributed by atoms with van der Waals surface area (Å²) in [7, 11) is 0. The lowest BCUT2D eigenvalue weighted by Crippen LogP contribution is -2.29. The molecule has 1 aliphatic heterocycles. The number of aryl methyl sites for hydroxylation is 3. The summed E-state index contributed by atoms with van der Waals surface area (Å²) in [6.45, 7) is 14.9. The number of ether oxygens (including phenoxy) is 3. The zero-order valence-electron chi connectivity index (χ0n) is 25.3. The molecule has 11 nitrogen and oxygen atoms in total. The topological polar surface area (TPSA) is 133 Å². The van der Waals surface area contributed by atoms with Crippen LogP contribution in [0.4, 0.5) is 5.13 Å². The van der Waals surface area contributed by atoms with Crippen molar-refractivity contribution in [2.24, 2.45) is 0 Å². The number of ketones is 1. The van der Waals surface area contributed by atoms with E-state index in [1.807, 2.05) is 26.0 Å². The second kappa shape index (κ2) is 12.8. The molecule has 0 aliphatic carbocycles. The van der Waals surface area contributed by atoms with Crippen LogP contribution in [-0.4, -0.2) is 57.0 Å². The van der Waals surface area contributed by atoms with Crippen molar-refractivity contribution in [1.82, 2.24) is 14.4 Å². The zero-order chi connectivity index (χ0) is 32.4. The quantitative estimate of drug-likeness (QED) is 0.0736. The van der Waals surface area contributed by atoms with Crippen LogP contribution in [0.15, 0.2) is 67.4 Å². The van der Waals surface area contributed by atoms with E-state index in [1.165, 1.54) is 11.0 Å². The number of aliphatic hydroxyl groups excluding tert-OH is 1. The molecule has 5 rings (SSSR count). The molecule has 1 amide bonds. The van der Waals surface area contributed by atoms with Crippen LogP contribution in [0.5, 0.6) is 11.5 Å². The van der Waals surface area contributed by atoms with Gasteiger partial charge in [0.05, 0.1) is 29.6 Å². The molecule has 1 atom stereocenters. The average Bonchev–Trinajstić information content (AvgIpc) is 3.66. The summed E-state index contributed by atoms with van der Waals surface area (Å²) in [4.78, 5) is 50.8. The number of imidazole rings is 1. The normalized spacial score (nSPS) is 15.8. The second-order valence-electron chi connectivity index (χ2n) is 10.1. The monoisotopic (exact) mass is 628 g/mol. The van der Waals surface area contributed by atoms with E-state index in [-0.39, 0.29) is 34.5 Å². The highest BCUT2D eigenvalue weighted by Gasteiger charge is 2.49. The first-order valence-electron chi connectivity index (χ1n) is 14.1. The van der Waals surface area contributed by atoms with Gasteiger partial charge in [0.1, 0.15) is 29.4 Å². The Hall–Kier alpha value is -5.23. The largest absolute Gasteiger partial charge is 0.505 e. The van der Waals surface area contributed by atoms with Gasteiger partial charge in [-0.25, -0.2) is 14.8 Å². The van der Waals surface area contributed by atoms with Gasteiger partial charge in [-0.1, -0.05) is 48.8 Å². The van der Waals surface area contributed by atoms with Crippen LogP contribution in [0.3, 0.4) is 0 Å². The summed E-state index contributed by atoms with van der Waals surface area (Å²) >= 11 is 0.909. The number of Topliss-reactive ketones (excluding diaryl/α,β-unsaturated/α-hetero) is 1. The van der Waals surface area contributed by atoms with Crippen LogP contribution in [0.25, 0.3) is 11.4 Å². The first-order valence-corrected chi connectivity index (χ1v) is 15.0. The lowest BCUT2D eigenvalue weighted by Gasteiger charge is -2.24. The Morgan fingerprint density at radius 2 is 1.82 bits per heavy atom. The Morgan fingerprint density at radius 3 is 2.51 bits per heavy atom. The molecular formula is C33H32N4O7S. The number of amides is 1. The number of hydrogen-bond acceptors (Lipinski definition) is 10. The molecule has 0 radical (unpaired) electrons. The molecule has 232 valence electrons. The van der Waals surface area contributed by atoms with Gasteiger partial charge in [-0.3, -0.25) is 14.5 Å². The molecule has 4 heterocycles. The van der Waals surface area contributed by atoms with Gasteiger partial charge in [-0.2, -0.15) is 0 Å². The maximum atomic E-state index is 13.8. The Morgan fingerprint density at radius 1 is 1.07 bits per heavy atom. The number of nitrogens with zero attached hydrogens (tertiary/aromatic N) is 4. The molecule has 4 aromatic rings. The van der Waals surface area contributed by atoms with E-state index in [4.69, 9.17) is 14.2 Å². The maximum absolute atomic E-state index is 13.8. The summed E-state index contributed by atoms with van der Waals surface area (Å²) in [6.07, 6.45) is 4.84. The highest BCUT2D eigenvalue weighted by atomic mass is 32.1. The molecule has 0 spiro atoms. The number of fused-ring (bicyclic) bond motifs is 1. The fourth-order valence-electron chi connectivity index (χ4n) is 5.13. The molecule has 1 saturated heterocycles. The minimum Gasteiger partial charge on any atom is -0.505 e. The molecule has 45 heavy (non-hydrogen) atoms. The molecule has 1 fully saturated rings. The number of carbonyl (C=O) groups excluding carboxylic acids is 3. The highest BCUT2D eigenvalue weighted by Crippen LogP contribution is 2.46. The van der Waals surface area contributed by atoms with Gasteiger partial charge < -0.3 is 23.7 Å². The Bertz CT molecular complexity index is 1890. The van der Waals surface area contributed by atoms with Crippen molar-refractivity contribution >= 4 is 45.5 Å².